The number of hydroxylamine groups is 2. The lowest BCUT2D eigenvalue weighted by molar-refractivity contribution is -0.156. The van der Waals surface area contributed by atoms with Gasteiger partial charge in [-0.25, -0.2) is 5.06 Å². The highest BCUT2D eigenvalue weighted by molar-refractivity contribution is 5.89. The first kappa shape index (κ1) is 19.6. The average molecular weight is 364 g/mol. The van der Waals surface area contributed by atoms with Gasteiger partial charge in [0.25, 0.3) is 5.91 Å². The minimum Gasteiger partial charge on any atom is -0.427 e. The summed E-state index contributed by atoms with van der Waals surface area (Å²) in [6, 6.07) is 2.63. The first-order valence-corrected chi connectivity index (χ1v) is 8.44. The molecule has 9 nitrogen and oxygen atoms in total. The number of hydrogen-bond donors (Lipinski definition) is 2. The molecule has 2 rings (SSSR count). The zero-order valence-corrected chi connectivity index (χ0v) is 15.1. The highest BCUT2D eigenvalue weighted by atomic mass is 16.5. The van der Waals surface area contributed by atoms with Gasteiger partial charge in [-0.3, -0.25) is 19.6 Å². The van der Waals surface area contributed by atoms with Gasteiger partial charge in [0.15, 0.2) is 5.49 Å². The Morgan fingerprint density at radius 3 is 2.77 bits per heavy atom. The topological polar surface area (TPSA) is 115 Å². The van der Waals surface area contributed by atoms with Gasteiger partial charge in [-0.15, -0.1) is 0 Å². The summed E-state index contributed by atoms with van der Waals surface area (Å²) in [5, 5.41) is 19.7. The number of likely N-dealkylation sites (tertiary alicyclic amines) is 1. The molecule has 26 heavy (non-hydrogen) atoms. The fraction of sp³-hybridized carbons (Fsp3) is 0.529. The number of hydrogen-bond acceptors (Lipinski definition) is 5. The van der Waals surface area contributed by atoms with E-state index >= 15 is 0 Å². The van der Waals surface area contributed by atoms with E-state index in [9.17, 15) is 24.8 Å². The standard InChI is InChI=1S/C17H24N4O5/c1-11-7-13(3)21(26)15(8-11)18-16(23)14-5-4-6-20(14)17(24)12(2)9-19(25)10-22/h7-8,10,12,14,25-26H,4-6,9H2,1-3H3/t12-,14+/m1/s1. The predicted molar refractivity (Wildman–Crippen MR) is 90.1 cm³/mol. The van der Waals surface area contributed by atoms with E-state index in [2.05, 4.69) is 4.99 Å². The minimum atomic E-state index is -0.714. The van der Waals surface area contributed by atoms with Crippen molar-refractivity contribution in [3.8, 4) is 0 Å². The van der Waals surface area contributed by atoms with E-state index in [1.807, 2.05) is 6.92 Å². The van der Waals surface area contributed by atoms with Gasteiger partial charge in [0.1, 0.15) is 6.04 Å². The van der Waals surface area contributed by atoms with Crippen molar-refractivity contribution in [3.05, 3.63) is 28.9 Å². The Balaban J connectivity index is 2.22. The molecule has 1 aliphatic rings. The van der Waals surface area contributed by atoms with Gasteiger partial charge in [0.2, 0.25) is 12.3 Å². The molecule has 0 spiro atoms. The van der Waals surface area contributed by atoms with Crippen molar-refractivity contribution in [2.24, 2.45) is 10.9 Å². The minimum absolute atomic E-state index is 0.113. The SMILES string of the molecule is Cc1cc(C)n(O)c(=NC(=O)[C@@H]2CCCN2C(=O)[C@H](C)CN(O)C=O)c1. The molecule has 2 N–H and O–H groups in total. The quantitative estimate of drug-likeness (QED) is 0.336. The van der Waals surface area contributed by atoms with Crippen LogP contribution in [0.4, 0.5) is 0 Å². The van der Waals surface area contributed by atoms with E-state index in [0.717, 1.165) is 10.3 Å². The van der Waals surface area contributed by atoms with Crippen molar-refractivity contribution in [3.63, 3.8) is 0 Å². The molecule has 2 atom stereocenters. The van der Waals surface area contributed by atoms with E-state index in [4.69, 9.17) is 0 Å². The number of amides is 3. The Morgan fingerprint density at radius 1 is 1.42 bits per heavy atom. The zero-order chi connectivity index (χ0) is 19.4. The Morgan fingerprint density at radius 2 is 2.12 bits per heavy atom. The number of aryl methyl sites for hydroxylation is 2. The molecule has 0 unspecified atom stereocenters. The number of carbonyl (C=O) groups excluding carboxylic acids is 3. The molecule has 1 aromatic rings. The van der Waals surface area contributed by atoms with E-state index < -0.39 is 17.9 Å². The number of nitrogens with zero attached hydrogens (tertiary/aromatic N) is 4. The molecule has 1 aromatic heterocycles. The monoisotopic (exact) mass is 364 g/mol. The van der Waals surface area contributed by atoms with E-state index in [-0.39, 0.29) is 24.3 Å². The fourth-order valence-electron chi connectivity index (χ4n) is 3.12. The Kier molecular flexibility index (Phi) is 6.14. The molecule has 0 bridgehead atoms. The van der Waals surface area contributed by atoms with E-state index in [1.165, 1.54) is 4.90 Å². The molecule has 2 heterocycles. The molecule has 0 radical (unpaired) electrons. The van der Waals surface area contributed by atoms with Crippen LogP contribution in [0.5, 0.6) is 0 Å². The lowest BCUT2D eigenvalue weighted by Crippen LogP contribution is -2.45. The van der Waals surface area contributed by atoms with Gasteiger partial charge in [0.05, 0.1) is 18.2 Å². The fourth-order valence-corrected chi connectivity index (χ4v) is 3.12. The van der Waals surface area contributed by atoms with Gasteiger partial charge in [-0.1, -0.05) is 6.92 Å². The second-order valence-electron chi connectivity index (χ2n) is 6.61. The van der Waals surface area contributed by atoms with Gasteiger partial charge in [0, 0.05) is 6.54 Å². The second-order valence-corrected chi connectivity index (χ2v) is 6.61. The van der Waals surface area contributed by atoms with Crippen molar-refractivity contribution >= 4 is 18.2 Å². The van der Waals surface area contributed by atoms with Crippen LogP contribution in [0.1, 0.15) is 31.0 Å². The van der Waals surface area contributed by atoms with Crippen LogP contribution < -0.4 is 5.49 Å². The lowest BCUT2D eigenvalue weighted by Gasteiger charge is -2.26. The summed E-state index contributed by atoms with van der Waals surface area (Å²) in [7, 11) is 0. The third-order valence-electron chi connectivity index (χ3n) is 4.39. The van der Waals surface area contributed by atoms with Gasteiger partial charge >= 0.3 is 0 Å². The summed E-state index contributed by atoms with van der Waals surface area (Å²) in [6.07, 6.45) is 1.37. The zero-order valence-electron chi connectivity index (χ0n) is 15.1. The highest BCUT2D eigenvalue weighted by Gasteiger charge is 2.36. The van der Waals surface area contributed by atoms with Gasteiger partial charge in [-0.2, -0.15) is 9.72 Å². The maximum absolute atomic E-state index is 12.6. The normalized spacial score (nSPS) is 18.7. The molecular weight excluding hydrogens is 340 g/mol. The Hall–Kier alpha value is -2.68. The highest BCUT2D eigenvalue weighted by Crippen LogP contribution is 2.21. The molecule has 1 aliphatic heterocycles. The van der Waals surface area contributed by atoms with Gasteiger partial charge < -0.3 is 10.1 Å². The van der Waals surface area contributed by atoms with Crippen LogP contribution in [0.15, 0.2) is 17.1 Å². The van der Waals surface area contributed by atoms with Crippen LogP contribution in [0.25, 0.3) is 0 Å². The van der Waals surface area contributed by atoms with Crippen LogP contribution in [0, 0.1) is 19.8 Å². The molecule has 142 valence electrons. The number of pyridine rings is 1. The molecule has 1 saturated heterocycles. The van der Waals surface area contributed by atoms with Crippen molar-refractivity contribution in [2.75, 3.05) is 13.1 Å². The second kappa shape index (κ2) is 8.13. The molecule has 1 fully saturated rings. The van der Waals surface area contributed by atoms with Crippen LogP contribution in [-0.2, 0) is 14.4 Å². The van der Waals surface area contributed by atoms with Crippen LogP contribution in [-0.4, -0.2) is 62.5 Å². The smallest absolute Gasteiger partial charge is 0.270 e. The van der Waals surface area contributed by atoms with Crippen molar-refractivity contribution in [1.82, 2.24) is 14.7 Å². The van der Waals surface area contributed by atoms with Gasteiger partial charge in [-0.05, 0) is 44.4 Å². The summed E-state index contributed by atoms with van der Waals surface area (Å²) in [5.41, 5.74) is 1.51. The number of carbonyl (C=O) groups is 3. The maximum atomic E-state index is 12.6. The average Bonchev–Trinajstić information content (AvgIpc) is 3.07. The summed E-state index contributed by atoms with van der Waals surface area (Å²) >= 11 is 0. The van der Waals surface area contributed by atoms with Crippen LogP contribution in [0.3, 0.4) is 0 Å². The number of aromatic nitrogens is 1. The summed E-state index contributed by atoms with van der Waals surface area (Å²) in [5.74, 6) is -1.48. The first-order chi connectivity index (χ1) is 12.2. The van der Waals surface area contributed by atoms with Crippen molar-refractivity contribution in [2.45, 2.75) is 39.7 Å². The first-order valence-electron chi connectivity index (χ1n) is 8.44. The van der Waals surface area contributed by atoms with Crippen molar-refractivity contribution in [1.29, 1.82) is 0 Å². The third-order valence-corrected chi connectivity index (χ3v) is 4.39. The van der Waals surface area contributed by atoms with Crippen LogP contribution in [0.2, 0.25) is 0 Å². The van der Waals surface area contributed by atoms with Crippen molar-refractivity contribution < 1.29 is 24.8 Å². The molecule has 0 saturated carbocycles. The molecule has 3 amide bonds. The van der Waals surface area contributed by atoms with E-state index in [0.29, 0.717) is 30.1 Å². The number of rotatable bonds is 5. The lowest BCUT2D eigenvalue weighted by atomic mass is 10.1. The summed E-state index contributed by atoms with van der Waals surface area (Å²) in [6.45, 7) is 5.37. The Bertz CT molecular complexity index is 773. The summed E-state index contributed by atoms with van der Waals surface area (Å²) in [4.78, 5) is 41.1. The largest absolute Gasteiger partial charge is 0.427 e. The van der Waals surface area contributed by atoms with E-state index in [1.54, 1.807) is 26.0 Å². The maximum Gasteiger partial charge on any atom is 0.270 e. The molecule has 0 aliphatic carbocycles. The summed E-state index contributed by atoms with van der Waals surface area (Å²) < 4.78 is 0.836. The third kappa shape index (κ3) is 4.29. The van der Waals surface area contributed by atoms with Crippen LogP contribution >= 0.6 is 0 Å². The molecular formula is C17H24N4O5. The Labute approximate surface area is 151 Å². The molecule has 0 aromatic carbocycles. The predicted octanol–water partition coefficient (Wildman–Crippen LogP) is 0.244. The molecule has 9 heteroatoms.